The van der Waals surface area contributed by atoms with Gasteiger partial charge in [0.2, 0.25) is 0 Å². The molecule has 0 fully saturated rings. The maximum atomic E-state index is 5.83. The Bertz CT molecular complexity index is 316. The molecule has 0 saturated heterocycles. The van der Waals surface area contributed by atoms with Crippen LogP contribution in [0.5, 0.6) is 5.75 Å². The van der Waals surface area contributed by atoms with Gasteiger partial charge in [0.15, 0.2) is 0 Å². The van der Waals surface area contributed by atoms with Crippen molar-refractivity contribution in [1.82, 2.24) is 0 Å². The van der Waals surface area contributed by atoms with E-state index in [0.717, 1.165) is 17.1 Å². The van der Waals surface area contributed by atoms with E-state index in [0.29, 0.717) is 0 Å². The third-order valence-electron chi connectivity index (χ3n) is 1.77. The highest BCUT2D eigenvalue weighted by Gasteiger charge is 2.11. The van der Waals surface area contributed by atoms with Crippen LogP contribution in [0.3, 0.4) is 0 Å². The summed E-state index contributed by atoms with van der Waals surface area (Å²) in [5, 5.41) is 3.32. The molecule has 0 radical (unpaired) electrons. The van der Waals surface area contributed by atoms with Gasteiger partial charge in [-0.15, -0.1) is 0 Å². The molecule has 1 aromatic rings. The molecular formula is C11H18N2O. The van der Waals surface area contributed by atoms with Gasteiger partial charge in [0.25, 0.3) is 0 Å². The molecule has 1 rings (SSSR count). The molecule has 14 heavy (non-hydrogen) atoms. The quantitative estimate of drug-likeness (QED) is 0.711. The highest BCUT2D eigenvalue weighted by Crippen LogP contribution is 2.26. The van der Waals surface area contributed by atoms with Crippen molar-refractivity contribution >= 4 is 11.4 Å². The van der Waals surface area contributed by atoms with Crippen molar-refractivity contribution in [2.75, 3.05) is 18.2 Å². The van der Waals surface area contributed by atoms with Crippen molar-refractivity contribution in [2.45, 2.75) is 26.3 Å². The van der Waals surface area contributed by atoms with E-state index in [-0.39, 0.29) is 5.54 Å². The number of rotatable bonds is 2. The smallest absolute Gasteiger partial charge is 0.121 e. The summed E-state index contributed by atoms with van der Waals surface area (Å²) in [5.74, 6) is 0.811. The molecule has 0 unspecified atom stereocenters. The maximum absolute atomic E-state index is 5.83. The first-order valence-corrected chi connectivity index (χ1v) is 4.64. The standard InChI is InChI=1S/C11H18N2O/c1-11(2,3)13-10-7-8(14-4)5-6-9(10)12/h5-7,13H,12H2,1-4H3. The fourth-order valence-electron chi connectivity index (χ4n) is 1.17. The monoisotopic (exact) mass is 194 g/mol. The summed E-state index contributed by atoms with van der Waals surface area (Å²) in [7, 11) is 1.65. The summed E-state index contributed by atoms with van der Waals surface area (Å²) in [5.41, 5.74) is 7.48. The molecule has 1 aromatic carbocycles. The summed E-state index contributed by atoms with van der Waals surface area (Å²) in [6.45, 7) is 6.27. The predicted molar refractivity (Wildman–Crippen MR) is 60.8 cm³/mol. The zero-order valence-electron chi connectivity index (χ0n) is 9.22. The molecule has 0 aliphatic heterocycles. The molecule has 0 saturated carbocycles. The highest BCUT2D eigenvalue weighted by atomic mass is 16.5. The summed E-state index contributed by atoms with van der Waals surface area (Å²) < 4.78 is 5.13. The first kappa shape index (κ1) is 10.7. The lowest BCUT2D eigenvalue weighted by Crippen LogP contribution is -2.26. The second-order valence-electron chi connectivity index (χ2n) is 4.33. The predicted octanol–water partition coefficient (Wildman–Crippen LogP) is 2.49. The van der Waals surface area contributed by atoms with Crippen molar-refractivity contribution in [2.24, 2.45) is 0 Å². The average molecular weight is 194 g/mol. The SMILES string of the molecule is COc1ccc(N)c(NC(C)(C)C)c1. The molecule has 0 spiro atoms. The van der Waals surface area contributed by atoms with Gasteiger partial charge >= 0.3 is 0 Å². The minimum Gasteiger partial charge on any atom is -0.497 e. The van der Waals surface area contributed by atoms with Crippen LogP contribution in [0.2, 0.25) is 0 Å². The van der Waals surface area contributed by atoms with Crippen LogP contribution in [0.15, 0.2) is 18.2 Å². The molecule has 0 aliphatic rings. The van der Waals surface area contributed by atoms with E-state index in [1.807, 2.05) is 18.2 Å². The number of nitrogens with two attached hydrogens (primary N) is 1. The Hall–Kier alpha value is -1.38. The fourth-order valence-corrected chi connectivity index (χ4v) is 1.17. The van der Waals surface area contributed by atoms with Gasteiger partial charge in [-0.1, -0.05) is 0 Å². The van der Waals surface area contributed by atoms with Crippen molar-refractivity contribution < 1.29 is 4.74 Å². The molecule has 3 N–H and O–H groups in total. The van der Waals surface area contributed by atoms with Crippen molar-refractivity contribution in [1.29, 1.82) is 0 Å². The molecule has 0 bridgehead atoms. The second-order valence-corrected chi connectivity index (χ2v) is 4.33. The number of hydrogen-bond acceptors (Lipinski definition) is 3. The van der Waals surface area contributed by atoms with Gasteiger partial charge in [0.05, 0.1) is 18.5 Å². The van der Waals surface area contributed by atoms with E-state index in [2.05, 4.69) is 26.1 Å². The summed E-state index contributed by atoms with van der Waals surface area (Å²) in [4.78, 5) is 0. The van der Waals surface area contributed by atoms with E-state index < -0.39 is 0 Å². The Morgan fingerprint density at radius 2 is 1.93 bits per heavy atom. The van der Waals surface area contributed by atoms with E-state index in [9.17, 15) is 0 Å². The van der Waals surface area contributed by atoms with Gasteiger partial charge in [0, 0.05) is 11.6 Å². The zero-order valence-corrected chi connectivity index (χ0v) is 9.22. The maximum Gasteiger partial charge on any atom is 0.121 e. The van der Waals surface area contributed by atoms with E-state index in [1.165, 1.54) is 0 Å². The Balaban J connectivity index is 2.95. The number of nitrogen functional groups attached to an aromatic ring is 1. The number of benzene rings is 1. The number of hydrogen-bond donors (Lipinski definition) is 2. The molecule has 0 amide bonds. The van der Waals surface area contributed by atoms with Crippen molar-refractivity contribution in [3.05, 3.63) is 18.2 Å². The van der Waals surface area contributed by atoms with Crippen LogP contribution in [0.4, 0.5) is 11.4 Å². The van der Waals surface area contributed by atoms with Crippen molar-refractivity contribution in [3.63, 3.8) is 0 Å². The normalized spacial score (nSPS) is 11.1. The number of nitrogens with one attached hydrogen (secondary N) is 1. The minimum absolute atomic E-state index is 0.000481. The fraction of sp³-hybridized carbons (Fsp3) is 0.455. The summed E-state index contributed by atoms with van der Waals surface area (Å²) in [6, 6.07) is 5.59. The van der Waals surface area contributed by atoms with Crippen molar-refractivity contribution in [3.8, 4) is 5.75 Å². The van der Waals surface area contributed by atoms with Gasteiger partial charge in [-0.3, -0.25) is 0 Å². The second kappa shape index (κ2) is 3.78. The Kier molecular flexibility index (Phi) is 2.89. The molecule has 78 valence electrons. The first-order valence-electron chi connectivity index (χ1n) is 4.64. The molecule has 3 heteroatoms. The average Bonchev–Trinajstić information content (AvgIpc) is 2.06. The molecule has 0 heterocycles. The topological polar surface area (TPSA) is 47.3 Å². The van der Waals surface area contributed by atoms with Gasteiger partial charge in [-0.05, 0) is 32.9 Å². The van der Waals surface area contributed by atoms with Crippen LogP contribution in [-0.2, 0) is 0 Å². The van der Waals surface area contributed by atoms with E-state index in [4.69, 9.17) is 10.5 Å². The van der Waals surface area contributed by atoms with Gasteiger partial charge < -0.3 is 15.8 Å². The first-order chi connectivity index (χ1) is 6.42. The highest BCUT2D eigenvalue weighted by molar-refractivity contribution is 5.68. The Labute approximate surface area is 85.3 Å². The van der Waals surface area contributed by atoms with Crippen LogP contribution in [0.25, 0.3) is 0 Å². The number of methoxy groups -OCH3 is 1. The van der Waals surface area contributed by atoms with Crippen LogP contribution in [0.1, 0.15) is 20.8 Å². The lowest BCUT2D eigenvalue weighted by atomic mass is 10.1. The third-order valence-corrected chi connectivity index (χ3v) is 1.77. The Morgan fingerprint density at radius 1 is 1.29 bits per heavy atom. The number of ether oxygens (including phenoxy) is 1. The Morgan fingerprint density at radius 3 is 2.43 bits per heavy atom. The van der Waals surface area contributed by atoms with Gasteiger partial charge in [0.1, 0.15) is 5.75 Å². The lowest BCUT2D eigenvalue weighted by molar-refractivity contribution is 0.415. The molecule has 0 aliphatic carbocycles. The van der Waals surface area contributed by atoms with Crippen LogP contribution < -0.4 is 15.8 Å². The van der Waals surface area contributed by atoms with E-state index in [1.54, 1.807) is 7.11 Å². The van der Waals surface area contributed by atoms with Crippen LogP contribution in [-0.4, -0.2) is 12.6 Å². The zero-order chi connectivity index (χ0) is 10.8. The number of anilines is 2. The van der Waals surface area contributed by atoms with Gasteiger partial charge in [-0.25, -0.2) is 0 Å². The van der Waals surface area contributed by atoms with Gasteiger partial charge in [-0.2, -0.15) is 0 Å². The lowest BCUT2D eigenvalue weighted by Gasteiger charge is -2.23. The third kappa shape index (κ3) is 2.83. The van der Waals surface area contributed by atoms with Crippen LogP contribution in [0, 0.1) is 0 Å². The minimum atomic E-state index is 0.000481. The summed E-state index contributed by atoms with van der Waals surface area (Å²) >= 11 is 0. The van der Waals surface area contributed by atoms with E-state index >= 15 is 0 Å². The largest absolute Gasteiger partial charge is 0.497 e. The molecule has 3 nitrogen and oxygen atoms in total. The summed E-state index contributed by atoms with van der Waals surface area (Å²) in [6.07, 6.45) is 0. The molecule has 0 atom stereocenters. The molecule has 0 aromatic heterocycles. The molecular weight excluding hydrogens is 176 g/mol. The van der Waals surface area contributed by atoms with Crippen LogP contribution >= 0.6 is 0 Å².